The van der Waals surface area contributed by atoms with Crippen LogP contribution in [0.2, 0.25) is 0 Å². The monoisotopic (exact) mass is 439 g/mol. The summed E-state index contributed by atoms with van der Waals surface area (Å²) in [4.78, 5) is 25.5. The van der Waals surface area contributed by atoms with E-state index < -0.39 is 5.63 Å². The van der Waals surface area contributed by atoms with Gasteiger partial charge in [-0.25, -0.2) is 4.79 Å². The third-order valence-corrected chi connectivity index (χ3v) is 5.60. The zero-order valence-corrected chi connectivity index (χ0v) is 18.4. The van der Waals surface area contributed by atoms with Crippen molar-refractivity contribution in [2.24, 2.45) is 0 Å². The molecule has 0 saturated carbocycles. The van der Waals surface area contributed by atoms with Gasteiger partial charge in [0.1, 0.15) is 16.9 Å². The Labute approximate surface area is 189 Å². The number of fused-ring (bicyclic) bond motifs is 2. The molecule has 1 amide bonds. The van der Waals surface area contributed by atoms with Crippen molar-refractivity contribution in [3.63, 3.8) is 0 Å². The number of methoxy groups -OCH3 is 1. The minimum absolute atomic E-state index is 0.301. The van der Waals surface area contributed by atoms with Crippen LogP contribution in [-0.2, 0) is 0 Å². The topological polar surface area (TPSA) is 81.7 Å². The second-order valence-electron chi connectivity index (χ2n) is 7.92. The van der Waals surface area contributed by atoms with Gasteiger partial charge in [-0.1, -0.05) is 18.2 Å². The van der Waals surface area contributed by atoms with E-state index in [0.717, 1.165) is 21.9 Å². The van der Waals surface area contributed by atoms with Crippen LogP contribution in [0, 0.1) is 13.8 Å². The maximum absolute atomic E-state index is 13.1. The van der Waals surface area contributed by atoms with Crippen molar-refractivity contribution >= 4 is 33.5 Å². The van der Waals surface area contributed by atoms with Crippen LogP contribution in [0.4, 0.5) is 5.69 Å². The number of amides is 1. The molecule has 2 aromatic heterocycles. The van der Waals surface area contributed by atoms with Crippen LogP contribution in [0.25, 0.3) is 33.3 Å². The van der Waals surface area contributed by atoms with Crippen molar-refractivity contribution < 1.29 is 18.4 Å². The summed E-state index contributed by atoms with van der Waals surface area (Å²) in [5.74, 6) is 0.764. The largest absolute Gasteiger partial charge is 0.497 e. The highest BCUT2D eigenvalue weighted by Gasteiger charge is 2.22. The number of aryl methyl sites for hydroxylation is 2. The zero-order valence-electron chi connectivity index (χ0n) is 18.4. The summed E-state index contributed by atoms with van der Waals surface area (Å²) < 4.78 is 16.9. The lowest BCUT2D eigenvalue weighted by Gasteiger charge is -2.10. The van der Waals surface area contributed by atoms with Crippen molar-refractivity contribution in [1.82, 2.24) is 0 Å². The minimum atomic E-state index is -0.489. The van der Waals surface area contributed by atoms with E-state index in [4.69, 9.17) is 13.6 Å². The maximum Gasteiger partial charge on any atom is 0.336 e. The van der Waals surface area contributed by atoms with E-state index >= 15 is 0 Å². The minimum Gasteiger partial charge on any atom is -0.497 e. The van der Waals surface area contributed by atoms with Crippen LogP contribution in [0.5, 0.6) is 5.75 Å². The fourth-order valence-electron chi connectivity index (χ4n) is 4.09. The van der Waals surface area contributed by atoms with Gasteiger partial charge in [0.2, 0.25) is 0 Å². The molecule has 0 bridgehead atoms. The standard InChI is InChI=1S/C27H21NO5/c1-15-12-16(2)25-20(13-15)21(14-23(29)33-25)26-24(19-6-4-5-7-22(19)32-26)28-27(30)17-8-10-18(31-3)11-9-17/h4-14H,1-3H3,(H,28,30). The third-order valence-electron chi connectivity index (χ3n) is 5.60. The SMILES string of the molecule is COc1ccc(C(=O)Nc2c(-c3cc(=O)oc4c(C)cc(C)cc34)oc3ccccc23)cc1. The first-order valence-corrected chi connectivity index (χ1v) is 10.5. The Hall–Kier alpha value is -4.32. The number of hydrogen-bond donors (Lipinski definition) is 1. The number of rotatable bonds is 4. The van der Waals surface area contributed by atoms with E-state index in [2.05, 4.69) is 5.32 Å². The molecule has 0 unspecified atom stereocenters. The lowest BCUT2D eigenvalue weighted by molar-refractivity contribution is 0.102. The number of ether oxygens (including phenoxy) is 1. The zero-order chi connectivity index (χ0) is 23.1. The molecule has 0 aliphatic heterocycles. The average molecular weight is 439 g/mol. The molecule has 6 nitrogen and oxygen atoms in total. The molecule has 0 fully saturated rings. The molecular formula is C27H21NO5. The Morgan fingerprint density at radius 2 is 1.67 bits per heavy atom. The van der Waals surface area contributed by atoms with E-state index in [-0.39, 0.29) is 5.91 Å². The van der Waals surface area contributed by atoms with E-state index in [1.807, 2.05) is 50.2 Å². The van der Waals surface area contributed by atoms with E-state index in [9.17, 15) is 9.59 Å². The number of benzene rings is 3. The van der Waals surface area contributed by atoms with Gasteiger partial charge in [-0.2, -0.15) is 0 Å². The highest BCUT2D eigenvalue weighted by Crippen LogP contribution is 2.41. The first-order chi connectivity index (χ1) is 15.9. The van der Waals surface area contributed by atoms with Crippen molar-refractivity contribution in [3.05, 3.63) is 93.8 Å². The lowest BCUT2D eigenvalue weighted by atomic mass is 10.0. The van der Waals surface area contributed by atoms with Crippen LogP contribution < -0.4 is 15.7 Å². The van der Waals surface area contributed by atoms with Gasteiger partial charge in [0.25, 0.3) is 5.91 Å². The summed E-state index contributed by atoms with van der Waals surface area (Å²) in [7, 11) is 1.57. The van der Waals surface area contributed by atoms with Crippen LogP contribution in [0.1, 0.15) is 21.5 Å². The van der Waals surface area contributed by atoms with Crippen molar-refractivity contribution in [1.29, 1.82) is 0 Å². The number of carbonyl (C=O) groups is 1. The quantitative estimate of drug-likeness (QED) is 0.343. The molecule has 0 radical (unpaired) electrons. The second-order valence-corrected chi connectivity index (χ2v) is 7.92. The Morgan fingerprint density at radius 1 is 0.909 bits per heavy atom. The molecule has 2 heterocycles. The van der Waals surface area contributed by atoms with Gasteiger partial charge < -0.3 is 18.9 Å². The molecule has 0 aliphatic rings. The van der Waals surface area contributed by atoms with E-state index in [1.165, 1.54) is 6.07 Å². The number of carbonyl (C=O) groups excluding carboxylic acids is 1. The molecule has 0 atom stereocenters. The molecule has 6 heteroatoms. The highest BCUT2D eigenvalue weighted by molar-refractivity contribution is 6.13. The molecule has 0 spiro atoms. The first-order valence-electron chi connectivity index (χ1n) is 10.5. The van der Waals surface area contributed by atoms with Gasteiger partial charge in [0, 0.05) is 28.0 Å². The van der Waals surface area contributed by atoms with Gasteiger partial charge in [0.05, 0.1) is 12.8 Å². The summed E-state index contributed by atoms with van der Waals surface area (Å²) in [6.07, 6.45) is 0. The third kappa shape index (κ3) is 3.65. The second kappa shape index (κ2) is 7.98. The van der Waals surface area contributed by atoms with E-state index in [1.54, 1.807) is 31.4 Å². The summed E-state index contributed by atoms with van der Waals surface area (Å²) in [5.41, 5.74) is 4.01. The lowest BCUT2D eigenvalue weighted by Crippen LogP contribution is -2.12. The maximum atomic E-state index is 13.1. The van der Waals surface area contributed by atoms with Gasteiger partial charge in [-0.3, -0.25) is 4.79 Å². The molecule has 0 aliphatic carbocycles. The summed E-state index contributed by atoms with van der Waals surface area (Å²) in [6.45, 7) is 3.87. The molecule has 5 aromatic rings. The number of anilines is 1. The predicted molar refractivity (Wildman–Crippen MR) is 128 cm³/mol. The normalized spacial score (nSPS) is 11.1. The van der Waals surface area contributed by atoms with Gasteiger partial charge in [-0.15, -0.1) is 0 Å². The van der Waals surface area contributed by atoms with Crippen LogP contribution >= 0.6 is 0 Å². The number of nitrogens with one attached hydrogen (secondary N) is 1. The molecule has 5 rings (SSSR count). The number of hydrogen-bond acceptors (Lipinski definition) is 5. The molecular weight excluding hydrogens is 418 g/mol. The average Bonchev–Trinajstić information content (AvgIpc) is 3.17. The number of para-hydroxylation sites is 1. The van der Waals surface area contributed by atoms with Gasteiger partial charge in [-0.05, 0) is 67.4 Å². The Balaban J connectivity index is 1.71. The predicted octanol–water partition coefficient (Wildman–Crippen LogP) is 6.08. The Bertz CT molecular complexity index is 1570. The Kier molecular flexibility index (Phi) is 4.98. The molecule has 0 saturated heterocycles. The summed E-state index contributed by atoms with van der Waals surface area (Å²) in [6, 6.07) is 19.6. The van der Waals surface area contributed by atoms with Crippen molar-refractivity contribution in [2.45, 2.75) is 13.8 Å². The van der Waals surface area contributed by atoms with E-state index in [0.29, 0.717) is 39.5 Å². The summed E-state index contributed by atoms with van der Waals surface area (Å²) in [5, 5.41) is 4.47. The van der Waals surface area contributed by atoms with Crippen molar-refractivity contribution in [3.8, 4) is 17.1 Å². The molecule has 1 N–H and O–H groups in total. The number of furan rings is 1. The van der Waals surface area contributed by atoms with Crippen LogP contribution in [0.15, 0.2) is 80.4 Å². The van der Waals surface area contributed by atoms with Crippen molar-refractivity contribution in [2.75, 3.05) is 12.4 Å². The molecule has 164 valence electrons. The van der Waals surface area contributed by atoms with Crippen LogP contribution in [-0.4, -0.2) is 13.0 Å². The Morgan fingerprint density at radius 3 is 2.42 bits per heavy atom. The highest BCUT2D eigenvalue weighted by atomic mass is 16.5. The molecule has 33 heavy (non-hydrogen) atoms. The summed E-state index contributed by atoms with van der Waals surface area (Å²) >= 11 is 0. The fourth-order valence-corrected chi connectivity index (χ4v) is 4.09. The smallest absolute Gasteiger partial charge is 0.336 e. The van der Waals surface area contributed by atoms with Crippen LogP contribution in [0.3, 0.4) is 0 Å². The van der Waals surface area contributed by atoms with Gasteiger partial charge in [0.15, 0.2) is 5.76 Å². The fraction of sp³-hybridized carbons (Fsp3) is 0.111. The first kappa shape index (κ1) is 20.6. The molecule has 3 aromatic carbocycles. The van der Waals surface area contributed by atoms with Gasteiger partial charge >= 0.3 is 5.63 Å².